The lowest BCUT2D eigenvalue weighted by Crippen LogP contribution is -2.20. The zero-order chi connectivity index (χ0) is 19.8. The average Bonchev–Trinajstić information content (AvgIpc) is 2.67. The topological polar surface area (TPSA) is 73.9 Å². The molecule has 0 heterocycles. The van der Waals surface area contributed by atoms with Gasteiger partial charge in [0.1, 0.15) is 11.5 Å². The molecule has 0 aromatic heterocycles. The normalized spacial score (nSPS) is 10.5. The molecule has 0 aliphatic rings. The molecule has 1 N–H and O–H groups in total. The maximum absolute atomic E-state index is 11.8. The second-order valence-corrected chi connectivity index (χ2v) is 6.04. The maximum Gasteiger partial charge on any atom is 0.331 e. The minimum atomic E-state index is -0.669. The van der Waals surface area contributed by atoms with Gasteiger partial charge in [0, 0.05) is 23.4 Å². The molecule has 1 amide bonds. The number of halogens is 2. The minimum Gasteiger partial charge on any atom is -0.497 e. The van der Waals surface area contributed by atoms with E-state index >= 15 is 0 Å². The number of methoxy groups -OCH3 is 2. The lowest BCUT2D eigenvalue weighted by molar-refractivity contribution is -0.142. The van der Waals surface area contributed by atoms with Gasteiger partial charge in [0.05, 0.1) is 24.3 Å². The summed E-state index contributed by atoms with van der Waals surface area (Å²) in [5.41, 5.74) is 1.11. The van der Waals surface area contributed by atoms with Gasteiger partial charge in [0.2, 0.25) is 0 Å². The van der Waals surface area contributed by atoms with Gasteiger partial charge >= 0.3 is 5.97 Å². The first-order valence-corrected chi connectivity index (χ1v) is 8.50. The Labute approximate surface area is 166 Å². The number of benzene rings is 2. The molecule has 142 valence electrons. The third kappa shape index (κ3) is 6.20. The highest BCUT2D eigenvalue weighted by Crippen LogP contribution is 2.26. The molecule has 27 heavy (non-hydrogen) atoms. The Bertz CT molecular complexity index is 867. The first-order valence-electron chi connectivity index (χ1n) is 7.74. The summed E-state index contributed by atoms with van der Waals surface area (Å²) < 4.78 is 15.3. The van der Waals surface area contributed by atoms with Gasteiger partial charge in [-0.1, -0.05) is 23.2 Å². The molecule has 2 aromatic carbocycles. The van der Waals surface area contributed by atoms with Crippen molar-refractivity contribution < 1.29 is 23.8 Å². The van der Waals surface area contributed by atoms with Gasteiger partial charge in [-0.2, -0.15) is 0 Å². The number of carbonyl (C=O) groups excluding carboxylic acids is 2. The molecular formula is C19H17Cl2NO5. The third-order valence-electron chi connectivity index (χ3n) is 3.39. The predicted octanol–water partition coefficient (Wildman–Crippen LogP) is 4.21. The Morgan fingerprint density at radius 2 is 1.81 bits per heavy atom. The van der Waals surface area contributed by atoms with Crippen molar-refractivity contribution in [3.05, 3.63) is 58.1 Å². The summed E-state index contributed by atoms with van der Waals surface area (Å²) in [7, 11) is 3.06. The molecule has 0 fully saturated rings. The van der Waals surface area contributed by atoms with E-state index in [2.05, 4.69) is 5.32 Å². The van der Waals surface area contributed by atoms with E-state index in [1.54, 1.807) is 37.4 Å². The summed E-state index contributed by atoms with van der Waals surface area (Å²) in [6.07, 6.45) is 2.73. The van der Waals surface area contributed by atoms with Crippen molar-refractivity contribution in [2.45, 2.75) is 0 Å². The van der Waals surface area contributed by atoms with Gasteiger partial charge in [-0.05, 0) is 36.4 Å². The van der Waals surface area contributed by atoms with Crippen molar-refractivity contribution >= 4 is 46.8 Å². The Balaban J connectivity index is 1.89. The molecule has 0 aliphatic heterocycles. The van der Waals surface area contributed by atoms with Crippen molar-refractivity contribution in [3.63, 3.8) is 0 Å². The second-order valence-electron chi connectivity index (χ2n) is 5.23. The van der Waals surface area contributed by atoms with Crippen LogP contribution in [-0.2, 0) is 14.3 Å². The Morgan fingerprint density at radius 3 is 2.48 bits per heavy atom. The van der Waals surface area contributed by atoms with Crippen LogP contribution in [0.4, 0.5) is 5.69 Å². The highest BCUT2D eigenvalue weighted by molar-refractivity contribution is 6.42. The Kier molecular flexibility index (Phi) is 7.52. The number of nitrogens with one attached hydrogen (secondary N) is 1. The van der Waals surface area contributed by atoms with Gasteiger partial charge in [-0.3, -0.25) is 4.79 Å². The SMILES string of the molecule is COc1ccc(/C=C/C(=O)OCC(=O)Nc2ccc(Cl)c(Cl)c2)c(OC)c1. The highest BCUT2D eigenvalue weighted by atomic mass is 35.5. The van der Waals surface area contributed by atoms with Crippen molar-refractivity contribution in [2.75, 3.05) is 26.1 Å². The number of hydrogen-bond acceptors (Lipinski definition) is 5. The Morgan fingerprint density at radius 1 is 1.04 bits per heavy atom. The quantitative estimate of drug-likeness (QED) is 0.547. The van der Waals surface area contributed by atoms with Crippen molar-refractivity contribution in [2.24, 2.45) is 0 Å². The molecule has 0 atom stereocenters. The molecule has 0 unspecified atom stereocenters. The summed E-state index contributed by atoms with van der Waals surface area (Å²) in [6, 6.07) is 9.80. The summed E-state index contributed by atoms with van der Waals surface area (Å²) in [5, 5.41) is 3.24. The lowest BCUT2D eigenvalue weighted by atomic mass is 10.2. The fraction of sp³-hybridized carbons (Fsp3) is 0.158. The molecule has 6 nitrogen and oxygen atoms in total. The summed E-state index contributed by atoms with van der Waals surface area (Å²) in [4.78, 5) is 23.6. The van der Waals surface area contributed by atoms with Crippen LogP contribution >= 0.6 is 23.2 Å². The molecule has 0 saturated carbocycles. The van der Waals surface area contributed by atoms with Gasteiger partial charge in [-0.15, -0.1) is 0 Å². The lowest BCUT2D eigenvalue weighted by Gasteiger charge is -2.07. The zero-order valence-electron chi connectivity index (χ0n) is 14.6. The van der Waals surface area contributed by atoms with Crippen LogP contribution in [0, 0.1) is 0 Å². The van der Waals surface area contributed by atoms with Crippen LogP contribution in [0.15, 0.2) is 42.5 Å². The molecular weight excluding hydrogens is 393 g/mol. The molecule has 0 aliphatic carbocycles. The number of esters is 1. The van der Waals surface area contributed by atoms with E-state index in [-0.39, 0.29) is 0 Å². The van der Waals surface area contributed by atoms with Crippen molar-refractivity contribution in [3.8, 4) is 11.5 Å². The summed E-state index contributed by atoms with van der Waals surface area (Å²) in [5.74, 6) is -0.00404. The molecule has 0 radical (unpaired) electrons. The summed E-state index contributed by atoms with van der Waals surface area (Å²) in [6.45, 7) is -0.441. The Hall–Kier alpha value is -2.70. The molecule has 0 spiro atoms. The van der Waals surface area contributed by atoms with Gasteiger partial charge in [0.25, 0.3) is 5.91 Å². The van der Waals surface area contributed by atoms with Crippen LogP contribution in [0.5, 0.6) is 11.5 Å². The number of amides is 1. The second kappa shape index (κ2) is 9.85. The van der Waals surface area contributed by atoms with Crippen LogP contribution in [0.2, 0.25) is 10.0 Å². The molecule has 8 heteroatoms. The number of ether oxygens (including phenoxy) is 3. The number of rotatable bonds is 7. The monoisotopic (exact) mass is 409 g/mol. The average molecular weight is 410 g/mol. The summed E-state index contributed by atoms with van der Waals surface area (Å²) >= 11 is 11.7. The van der Waals surface area contributed by atoms with Crippen LogP contribution in [0.25, 0.3) is 6.08 Å². The van der Waals surface area contributed by atoms with E-state index < -0.39 is 18.5 Å². The van der Waals surface area contributed by atoms with Crippen molar-refractivity contribution in [1.29, 1.82) is 0 Å². The maximum atomic E-state index is 11.8. The number of hydrogen-bond donors (Lipinski definition) is 1. The fourth-order valence-electron chi connectivity index (χ4n) is 2.07. The van der Waals surface area contributed by atoms with Crippen LogP contribution in [0.1, 0.15) is 5.56 Å². The van der Waals surface area contributed by atoms with Crippen LogP contribution in [-0.4, -0.2) is 32.7 Å². The predicted molar refractivity (Wildman–Crippen MR) is 105 cm³/mol. The van der Waals surface area contributed by atoms with E-state index in [9.17, 15) is 9.59 Å². The zero-order valence-corrected chi connectivity index (χ0v) is 16.1. The third-order valence-corrected chi connectivity index (χ3v) is 4.13. The highest BCUT2D eigenvalue weighted by Gasteiger charge is 2.08. The van der Waals surface area contributed by atoms with E-state index in [0.29, 0.717) is 32.8 Å². The van der Waals surface area contributed by atoms with E-state index in [0.717, 1.165) is 0 Å². The van der Waals surface area contributed by atoms with Crippen molar-refractivity contribution in [1.82, 2.24) is 0 Å². The molecule has 2 aromatic rings. The van der Waals surface area contributed by atoms with Gasteiger partial charge in [-0.25, -0.2) is 4.79 Å². The minimum absolute atomic E-state index is 0.308. The van der Waals surface area contributed by atoms with Crippen LogP contribution < -0.4 is 14.8 Å². The number of anilines is 1. The first-order chi connectivity index (χ1) is 12.9. The smallest absolute Gasteiger partial charge is 0.331 e. The molecule has 0 saturated heterocycles. The van der Waals surface area contributed by atoms with Gasteiger partial charge < -0.3 is 19.5 Å². The largest absolute Gasteiger partial charge is 0.497 e. The molecule has 2 rings (SSSR count). The van der Waals surface area contributed by atoms with Crippen LogP contribution in [0.3, 0.4) is 0 Å². The van der Waals surface area contributed by atoms with E-state index in [1.807, 2.05) is 0 Å². The standard InChI is InChI=1S/C19H17Cl2NO5/c1-25-14-6-3-12(17(10-14)26-2)4-8-19(24)27-11-18(23)22-13-5-7-15(20)16(21)9-13/h3-10H,11H2,1-2H3,(H,22,23)/b8-4+. The molecule has 0 bridgehead atoms. The van der Waals surface area contributed by atoms with Gasteiger partial charge in [0.15, 0.2) is 6.61 Å². The first kappa shape index (κ1) is 20.6. The fourth-order valence-corrected chi connectivity index (χ4v) is 2.37. The number of carbonyl (C=O) groups is 2. The van der Waals surface area contributed by atoms with E-state index in [4.69, 9.17) is 37.4 Å². The van der Waals surface area contributed by atoms with E-state index in [1.165, 1.54) is 25.3 Å².